The fourth-order valence-electron chi connectivity index (χ4n) is 3.28. The molecule has 0 fully saturated rings. The molecular formula is C25H29N5O3. The van der Waals surface area contributed by atoms with Crippen molar-refractivity contribution in [2.45, 2.75) is 25.8 Å². The van der Waals surface area contributed by atoms with Gasteiger partial charge in [-0.1, -0.05) is 36.4 Å². The van der Waals surface area contributed by atoms with Gasteiger partial charge in [0, 0.05) is 36.3 Å². The molecule has 3 aromatic rings. The quantitative estimate of drug-likeness (QED) is 0.226. The summed E-state index contributed by atoms with van der Waals surface area (Å²) in [5.41, 5.74) is 7.39. The second-order valence-electron chi connectivity index (χ2n) is 7.55. The number of nitrogens with zero attached hydrogens (tertiary/aromatic N) is 1. The highest BCUT2D eigenvalue weighted by Gasteiger charge is 2.09. The second kappa shape index (κ2) is 12.1. The van der Waals surface area contributed by atoms with Crippen LogP contribution in [0.4, 0.5) is 10.5 Å². The Kier molecular flexibility index (Phi) is 8.64. The van der Waals surface area contributed by atoms with E-state index in [0.717, 1.165) is 40.7 Å². The SMILES string of the molecule is COc1cc(NC(C)CCCNC(=O)NNC(=O)/C=C/c2ccccc2)c2ncccc2c1. The smallest absolute Gasteiger partial charge is 0.333 e. The predicted molar refractivity (Wildman–Crippen MR) is 131 cm³/mol. The van der Waals surface area contributed by atoms with Gasteiger partial charge in [0.2, 0.25) is 0 Å². The highest BCUT2D eigenvalue weighted by molar-refractivity contribution is 5.93. The van der Waals surface area contributed by atoms with Crippen LogP contribution in [0.2, 0.25) is 0 Å². The Hall–Kier alpha value is -4.07. The van der Waals surface area contributed by atoms with Gasteiger partial charge in [0.25, 0.3) is 5.91 Å². The largest absolute Gasteiger partial charge is 0.497 e. The van der Waals surface area contributed by atoms with Gasteiger partial charge in [-0.15, -0.1) is 0 Å². The van der Waals surface area contributed by atoms with Crippen LogP contribution >= 0.6 is 0 Å². The molecule has 0 spiro atoms. The summed E-state index contributed by atoms with van der Waals surface area (Å²) >= 11 is 0. The lowest BCUT2D eigenvalue weighted by atomic mass is 10.1. The fourth-order valence-corrected chi connectivity index (χ4v) is 3.28. The van der Waals surface area contributed by atoms with Gasteiger partial charge in [-0.05, 0) is 43.5 Å². The average molecular weight is 448 g/mol. The third-order valence-corrected chi connectivity index (χ3v) is 4.94. The van der Waals surface area contributed by atoms with Crippen LogP contribution in [-0.4, -0.2) is 36.6 Å². The van der Waals surface area contributed by atoms with E-state index in [4.69, 9.17) is 4.74 Å². The number of aromatic nitrogens is 1. The number of methoxy groups -OCH3 is 1. The Labute approximate surface area is 193 Å². The van der Waals surface area contributed by atoms with Gasteiger partial charge in [-0.3, -0.25) is 15.2 Å². The Morgan fingerprint density at radius 1 is 1.09 bits per heavy atom. The lowest BCUT2D eigenvalue weighted by Crippen LogP contribution is -2.46. The van der Waals surface area contributed by atoms with Crippen LogP contribution < -0.4 is 26.2 Å². The van der Waals surface area contributed by atoms with Gasteiger partial charge in [0.15, 0.2) is 0 Å². The maximum Gasteiger partial charge on any atom is 0.333 e. The van der Waals surface area contributed by atoms with Crippen molar-refractivity contribution in [3.8, 4) is 5.75 Å². The monoisotopic (exact) mass is 447 g/mol. The fraction of sp³-hybridized carbons (Fsp3) is 0.240. The van der Waals surface area contributed by atoms with E-state index in [0.29, 0.717) is 6.54 Å². The molecule has 8 heteroatoms. The number of nitrogens with one attached hydrogen (secondary N) is 4. The van der Waals surface area contributed by atoms with Crippen LogP contribution in [-0.2, 0) is 4.79 Å². The topological polar surface area (TPSA) is 104 Å². The number of ether oxygens (including phenoxy) is 1. The first kappa shape index (κ1) is 23.6. The number of amides is 3. The van der Waals surface area contributed by atoms with Crippen LogP contribution in [0.15, 0.2) is 66.9 Å². The molecule has 0 aliphatic heterocycles. The Morgan fingerprint density at radius 2 is 1.91 bits per heavy atom. The lowest BCUT2D eigenvalue weighted by molar-refractivity contribution is -0.117. The number of fused-ring (bicyclic) bond motifs is 1. The van der Waals surface area contributed by atoms with Crippen LogP contribution in [0.1, 0.15) is 25.3 Å². The zero-order chi connectivity index (χ0) is 23.5. The molecule has 1 unspecified atom stereocenters. The summed E-state index contributed by atoms with van der Waals surface area (Å²) in [7, 11) is 1.64. The van der Waals surface area contributed by atoms with Crippen molar-refractivity contribution in [3.63, 3.8) is 0 Å². The Balaban J connectivity index is 1.37. The number of pyridine rings is 1. The van der Waals surface area contributed by atoms with Crippen molar-refractivity contribution in [3.05, 3.63) is 72.4 Å². The van der Waals surface area contributed by atoms with Crippen LogP contribution in [0.5, 0.6) is 5.75 Å². The van der Waals surface area contributed by atoms with Crippen LogP contribution in [0.25, 0.3) is 17.0 Å². The van der Waals surface area contributed by atoms with Gasteiger partial charge >= 0.3 is 6.03 Å². The molecule has 2 aromatic carbocycles. The summed E-state index contributed by atoms with van der Waals surface area (Å²) in [5.74, 6) is 0.357. The first-order valence-electron chi connectivity index (χ1n) is 10.8. The molecule has 0 saturated heterocycles. The van der Waals surface area contributed by atoms with Gasteiger partial charge < -0.3 is 15.4 Å². The molecule has 1 aromatic heterocycles. The molecule has 0 aliphatic rings. The van der Waals surface area contributed by atoms with Crippen LogP contribution in [0, 0.1) is 0 Å². The van der Waals surface area contributed by atoms with Crippen molar-refractivity contribution in [1.29, 1.82) is 0 Å². The van der Waals surface area contributed by atoms with Crippen molar-refractivity contribution in [2.24, 2.45) is 0 Å². The molecule has 33 heavy (non-hydrogen) atoms. The van der Waals surface area contributed by atoms with E-state index in [2.05, 4.69) is 33.4 Å². The summed E-state index contributed by atoms with van der Waals surface area (Å²) < 4.78 is 5.39. The molecule has 0 saturated carbocycles. The number of rotatable bonds is 9. The van der Waals surface area contributed by atoms with Gasteiger partial charge in [0.1, 0.15) is 5.75 Å². The minimum Gasteiger partial charge on any atom is -0.497 e. The van der Waals surface area contributed by atoms with Gasteiger partial charge in [0.05, 0.1) is 18.3 Å². The molecule has 1 atom stereocenters. The van der Waals surface area contributed by atoms with Crippen molar-refractivity contribution in [1.82, 2.24) is 21.2 Å². The summed E-state index contributed by atoms with van der Waals surface area (Å²) in [6, 6.07) is 16.9. The molecule has 8 nitrogen and oxygen atoms in total. The van der Waals surface area contributed by atoms with Gasteiger partial charge in [-0.2, -0.15) is 0 Å². The Bertz CT molecular complexity index is 1100. The molecule has 4 N–H and O–H groups in total. The van der Waals surface area contributed by atoms with Crippen molar-refractivity contribution < 1.29 is 14.3 Å². The standard InChI is InChI=1S/C25H29N5O3/c1-18(28-22-17-21(33-2)16-20-11-7-14-26-24(20)22)8-6-15-27-25(32)30-29-23(31)13-12-19-9-4-3-5-10-19/h3-5,7,9-14,16-18,28H,6,8,15H2,1-2H3,(H,29,31)(H2,27,30,32)/b13-12+. The summed E-state index contributed by atoms with van der Waals surface area (Å²) in [6.07, 6.45) is 6.39. The minimum atomic E-state index is -0.458. The number of hydrogen-bond acceptors (Lipinski definition) is 5. The molecule has 3 rings (SSSR count). The number of hydrogen-bond donors (Lipinski definition) is 4. The molecular weight excluding hydrogens is 418 g/mol. The molecule has 1 heterocycles. The normalized spacial score (nSPS) is 11.7. The number of carbonyl (C=O) groups is 2. The molecule has 0 radical (unpaired) electrons. The van der Waals surface area contributed by atoms with E-state index < -0.39 is 11.9 Å². The number of urea groups is 1. The molecule has 0 aliphatic carbocycles. The first-order chi connectivity index (χ1) is 16.0. The predicted octanol–water partition coefficient (Wildman–Crippen LogP) is 3.87. The van der Waals surface area contributed by atoms with E-state index >= 15 is 0 Å². The first-order valence-corrected chi connectivity index (χ1v) is 10.8. The van der Waals surface area contributed by atoms with E-state index in [9.17, 15) is 9.59 Å². The second-order valence-corrected chi connectivity index (χ2v) is 7.55. The van der Waals surface area contributed by atoms with Crippen molar-refractivity contribution >= 4 is 34.6 Å². The minimum absolute atomic E-state index is 0.162. The maximum atomic E-state index is 11.9. The van der Waals surface area contributed by atoms with E-state index in [-0.39, 0.29) is 6.04 Å². The number of carbonyl (C=O) groups excluding carboxylic acids is 2. The maximum absolute atomic E-state index is 11.9. The average Bonchev–Trinajstić information content (AvgIpc) is 2.84. The molecule has 0 bridgehead atoms. The number of anilines is 1. The van der Waals surface area contributed by atoms with Crippen molar-refractivity contribution in [2.75, 3.05) is 19.0 Å². The zero-order valence-corrected chi connectivity index (χ0v) is 18.8. The highest BCUT2D eigenvalue weighted by atomic mass is 16.5. The van der Waals surface area contributed by atoms with Crippen LogP contribution in [0.3, 0.4) is 0 Å². The zero-order valence-electron chi connectivity index (χ0n) is 18.8. The third-order valence-electron chi connectivity index (χ3n) is 4.94. The number of benzene rings is 2. The molecule has 172 valence electrons. The highest BCUT2D eigenvalue weighted by Crippen LogP contribution is 2.28. The third kappa shape index (κ3) is 7.53. The Morgan fingerprint density at radius 3 is 2.70 bits per heavy atom. The summed E-state index contributed by atoms with van der Waals surface area (Å²) in [5, 5.41) is 7.21. The summed E-state index contributed by atoms with van der Waals surface area (Å²) in [4.78, 5) is 28.1. The molecule has 3 amide bonds. The van der Waals surface area contributed by atoms with E-state index in [1.165, 1.54) is 6.08 Å². The van der Waals surface area contributed by atoms with Gasteiger partial charge in [-0.25, -0.2) is 10.2 Å². The summed E-state index contributed by atoms with van der Waals surface area (Å²) in [6.45, 7) is 2.55. The van der Waals surface area contributed by atoms with E-state index in [1.807, 2.05) is 54.6 Å². The van der Waals surface area contributed by atoms with E-state index in [1.54, 1.807) is 19.4 Å². The number of hydrazine groups is 1. The lowest BCUT2D eigenvalue weighted by Gasteiger charge is -2.17.